The van der Waals surface area contributed by atoms with E-state index in [2.05, 4.69) is 37.0 Å². The fourth-order valence-corrected chi connectivity index (χ4v) is 4.36. The molecule has 3 atom stereocenters. The summed E-state index contributed by atoms with van der Waals surface area (Å²) >= 11 is 1.39. The molecule has 174 valence electrons. The average Bonchev–Trinajstić information content (AvgIpc) is 2.83. The number of amides is 1. The minimum atomic E-state index is -0.826. The Morgan fingerprint density at radius 3 is 2.56 bits per heavy atom. The summed E-state index contributed by atoms with van der Waals surface area (Å²) in [5.41, 5.74) is 8.21. The van der Waals surface area contributed by atoms with Crippen molar-refractivity contribution in [1.29, 1.82) is 5.26 Å². The molecule has 1 aliphatic heterocycles. The minimum Gasteiger partial charge on any atom is -0.497 e. The van der Waals surface area contributed by atoms with Crippen LogP contribution in [0, 0.1) is 24.2 Å². The summed E-state index contributed by atoms with van der Waals surface area (Å²) < 4.78 is 5.16. The second-order valence-corrected chi connectivity index (χ2v) is 8.74. The van der Waals surface area contributed by atoms with E-state index in [0.29, 0.717) is 17.5 Å². The van der Waals surface area contributed by atoms with Crippen LogP contribution < -0.4 is 26.4 Å². The summed E-state index contributed by atoms with van der Waals surface area (Å²) in [4.78, 5) is 25.4. The van der Waals surface area contributed by atoms with Crippen LogP contribution in [0.25, 0.3) is 0 Å². The Hall–Kier alpha value is -3.88. The molecule has 2 heterocycles. The number of anilines is 3. The lowest BCUT2D eigenvalue weighted by Crippen LogP contribution is -2.55. The number of carbonyl (C=O) groups excluding carboxylic acids is 1. The highest BCUT2D eigenvalue weighted by molar-refractivity contribution is 7.99. The molecule has 3 unspecified atom stereocenters. The van der Waals surface area contributed by atoms with Crippen molar-refractivity contribution >= 4 is 35.3 Å². The molecule has 1 saturated heterocycles. The van der Waals surface area contributed by atoms with Crippen LogP contribution in [0.4, 0.5) is 17.6 Å². The van der Waals surface area contributed by atoms with Gasteiger partial charge in [0.2, 0.25) is 17.8 Å². The van der Waals surface area contributed by atoms with Gasteiger partial charge in [-0.3, -0.25) is 10.1 Å². The van der Waals surface area contributed by atoms with E-state index in [9.17, 15) is 10.1 Å². The number of aryl methyl sites for hydroxylation is 1. The van der Waals surface area contributed by atoms with Gasteiger partial charge in [-0.25, -0.2) is 0 Å². The van der Waals surface area contributed by atoms with Gasteiger partial charge in [-0.05, 0) is 36.8 Å². The molecule has 34 heavy (non-hydrogen) atoms. The number of rotatable bonds is 7. The third-order valence-corrected chi connectivity index (χ3v) is 6.23. The molecule has 2 aromatic carbocycles. The van der Waals surface area contributed by atoms with Gasteiger partial charge in [-0.15, -0.1) is 11.8 Å². The maximum absolute atomic E-state index is 12.6. The molecule has 5 N–H and O–H groups in total. The Morgan fingerprint density at radius 2 is 1.88 bits per heavy atom. The van der Waals surface area contributed by atoms with Gasteiger partial charge in [0.25, 0.3) is 0 Å². The number of nitrogens with one attached hydrogen (secondary N) is 3. The first-order valence-corrected chi connectivity index (χ1v) is 11.6. The predicted molar refractivity (Wildman–Crippen MR) is 130 cm³/mol. The smallest absolute Gasteiger partial charge is 0.241 e. The Morgan fingerprint density at radius 1 is 1.15 bits per heavy atom. The number of nitriles is 1. The van der Waals surface area contributed by atoms with E-state index in [1.54, 1.807) is 7.11 Å². The predicted octanol–water partition coefficient (Wildman–Crippen LogP) is 2.63. The van der Waals surface area contributed by atoms with Crippen LogP contribution in [0.2, 0.25) is 0 Å². The third kappa shape index (κ3) is 5.54. The van der Waals surface area contributed by atoms with Crippen LogP contribution in [-0.4, -0.2) is 33.5 Å². The molecule has 1 aliphatic rings. The van der Waals surface area contributed by atoms with Crippen molar-refractivity contribution in [2.45, 2.75) is 24.2 Å². The average molecular weight is 477 g/mol. The molecule has 0 saturated carbocycles. The van der Waals surface area contributed by atoms with Crippen molar-refractivity contribution < 1.29 is 9.53 Å². The van der Waals surface area contributed by atoms with Crippen LogP contribution in [0.1, 0.15) is 23.0 Å². The fraction of sp³-hybridized carbons (Fsp3) is 0.261. The number of methoxy groups -OCH3 is 1. The largest absolute Gasteiger partial charge is 0.497 e. The monoisotopic (exact) mass is 476 g/mol. The van der Waals surface area contributed by atoms with E-state index < -0.39 is 17.5 Å². The molecular formula is C23H24N8O2S. The number of hydrogen-bond acceptors (Lipinski definition) is 10. The lowest BCUT2D eigenvalue weighted by Gasteiger charge is -2.34. The van der Waals surface area contributed by atoms with Gasteiger partial charge >= 0.3 is 0 Å². The standard InChI is InChI=1S/C23H24N8O2S/c1-13-3-5-14(6-4-13)19-17(11-24)20(32)30-23(29-19)34-12-18-27-21(25)31-22(28-18)26-15-7-9-16(33-2)10-8-15/h3-10,17,19,23,29H,12H2,1-2H3,(H,30,32)(H3,25,26,27,28,31). The van der Waals surface area contributed by atoms with E-state index >= 15 is 0 Å². The van der Waals surface area contributed by atoms with Crippen molar-refractivity contribution in [1.82, 2.24) is 25.6 Å². The van der Waals surface area contributed by atoms with Crippen molar-refractivity contribution in [3.05, 3.63) is 65.5 Å². The molecular weight excluding hydrogens is 452 g/mol. The minimum absolute atomic E-state index is 0.0873. The molecule has 1 amide bonds. The van der Waals surface area contributed by atoms with Crippen LogP contribution in [0.3, 0.4) is 0 Å². The van der Waals surface area contributed by atoms with Gasteiger partial charge < -0.3 is 21.1 Å². The number of benzene rings is 2. The third-order valence-electron chi connectivity index (χ3n) is 5.22. The SMILES string of the molecule is COc1ccc(Nc2nc(N)nc(CSC3NC(=O)C(C#N)C(c4ccc(C)cc4)N3)n2)cc1. The highest BCUT2D eigenvalue weighted by Crippen LogP contribution is 2.29. The molecule has 0 spiro atoms. The first-order valence-electron chi connectivity index (χ1n) is 10.5. The summed E-state index contributed by atoms with van der Waals surface area (Å²) in [5.74, 6) is 0.815. The highest BCUT2D eigenvalue weighted by Gasteiger charge is 2.37. The van der Waals surface area contributed by atoms with Crippen molar-refractivity contribution in [2.75, 3.05) is 18.2 Å². The Balaban J connectivity index is 1.44. The quantitative estimate of drug-likeness (QED) is 0.400. The number of carbonyl (C=O) groups is 1. The van der Waals surface area contributed by atoms with E-state index in [-0.39, 0.29) is 11.9 Å². The molecule has 11 heteroatoms. The maximum atomic E-state index is 12.6. The summed E-state index contributed by atoms with van der Waals surface area (Å²) in [7, 11) is 1.60. The Labute approximate surface area is 201 Å². The topological polar surface area (TPSA) is 151 Å². The molecule has 0 aliphatic carbocycles. The van der Waals surface area contributed by atoms with Crippen LogP contribution >= 0.6 is 11.8 Å². The molecule has 1 aromatic heterocycles. The van der Waals surface area contributed by atoms with E-state index in [0.717, 1.165) is 22.6 Å². The highest BCUT2D eigenvalue weighted by atomic mass is 32.2. The zero-order valence-corrected chi connectivity index (χ0v) is 19.5. The van der Waals surface area contributed by atoms with Crippen LogP contribution in [0.5, 0.6) is 5.75 Å². The zero-order valence-electron chi connectivity index (χ0n) is 18.6. The van der Waals surface area contributed by atoms with Crippen LogP contribution in [0.15, 0.2) is 48.5 Å². The number of nitrogens with zero attached hydrogens (tertiary/aromatic N) is 4. The van der Waals surface area contributed by atoms with Crippen molar-refractivity contribution in [3.63, 3.8) is 0 Å². The lowest BCUT2D eigenvalue weighted by atomic mass is 9.91. The number of nitrogen functional groups attached to an aromatic ring is 1. The number of ether oxygens (including phenoxy) is 1. The van der Waals surface area contributed by atoms with Crippen LogP contribution in [-0.2, 0) is 10.5 Å². The second kappa shape index (κ2) is 10.4. The van der Waals surface area contributed by atoms with Gasteiger partial charge in [0.1, 0.15) is 23.0 Å². The Kier molecular flexibility index (Phi) is 7.10. The first kappa shape index (κ1) is 23.3. The molecule has 0 bridgehead atoms. The fourth-order valence-electron chi connectivity index (χ4n) is 3.48. The van der Waals surface area contributed by atoms with Gasteiger partial charge in [0, 0.05) is 5.69 Å². The lowest BCUT2D eigenvalue weighted by molar-refractivity contribution is -0.126. The number of hydrogen-bond donors (Lipinski definition) is 4. The molecule has 3 aromatic rings. The maximum Gasteiger partial charge on any atom is 0.241 e. The number of thioether (sulfide) groups is 1. The second-order valence-electron chi connectivity index (χ2n) is 7.65. The molecule has 0 radical (unpaired) electrons. The molecule has 1 fully saturated rings. The number of nitrogens with two attached hydrogens (primary N) is 1. The first-order chi connectivity index (χ1) is 16.4. The summed E-state index contributed by atoms with van der Waals surface area (Å²) in [6.07, 6.45) is 0. The van der Waals surface area contributed by atoms with E-state index in [1.165, 1.54) is 11.8 Å². The van der Waals surface area contributed by atoms with E-state index in [1.807, 2.05) is 55.5 Å². The van der Waals surface area contributed by atoms with Gasteiger partial charge in [0.15, 0.2) is 0 Å². The molecule has 10 nitrogen and oxygen atoms in total. The van der Waals surface area contributed by atoms with Gasteiger partial charge in [0.05, 0.1) is 25.0 Å². The normalized spacial score (nSPS) is 19.7. The summed E-state index contributed by atoms with van der Waals surface area (Å²) in [6, 6.07) is 16.8. The Bertz CT molecular complexity index is 1200. The van der Waals surface area contributed by atoms with Gasteiger partial charge in [-0.1, -0.05) is 29.8 Å². The van der Waals surface area contributed by atoms with Crippen molar-refractivity contribution in [3.8, 4) is 11.8 Å². The number of aromatic nitrogens is 3. The summed E-state index contributed by atoms with van der Waals surface area (Å²) in [5, 5.41) is 18.8. The van der Waals surface area contributed by atoms with Gasteiger partial charge in [-0.2, -0.15) is 20.2 Å². The molecule has 4 rings (SSSR count). The summed E-state index contributed by atoms with van der Waals surface area (Å²) in [6.45, 7) is 1.99. The van der Waals surface area contributed by atoms with Crippen molar-refractivity contribution in [2.24, 2.45) is 5.92 Å². The zero-order chi connectivity index (χ0) is 24.1. The van der Waals surface area contributed by atoms with E-state index in [4.69, 9.17) is 10.5 Å².